The zero-order valence-corrected chi connectivity index (χ0v) is 28.8. The van der Waals surface area contributed by atoms with Crippen LogP contribution in [0, 0.1) is 13.8 Å². The molecule has 260 valence electrons. The number of allylic oxidation sites excluding steroid dienone is 2. The third kappa shape index (κ3) is 7.20. The van der Waals surface area contributed by atoms with E-state index in [1.165, 1.54) is 31.4 Å². The van der Waals surface area contributed by atoms with E-state index in [-0.39, 0.29) is 22.3 Å². The minimum Gasteiger partial charge on any atom is -0.495 e. The maximum Gasteiger partial charge on any atom is 0.296 e. The number of ether oxygens (including phenoxy) is 1. The van der Waals surface area contributed by atoms with E-state index < -0.39 is 53.0 Å². The first-order valence-electron chi connectivity index (χ1n) is 15.1. The molecule has 0 radical (unpaired) electrons. The fraction of sp³-hybridized carbons (Fsp3) is 0.0857. The minimum absolute atomic E-state index is 0.103. The highest BCUT2D eigenvalue weighted by atomic mass is 32.2. The average molecular weight is 728 g/mol. The lowest BCUT2D eigenvalue weighted by Crippen LogP contribution is -2.27. The molecule has 4 aromatic rings. The molecule has 0 saturated carbocycles. The Kier molecular flexibility index (Phi) is 9.18. The molecule has 2 aliphatic carbocycles. The normalized spacial score (nSPS) is 15.9. The lowest BCUT2D eigenvalue weighted by molar-refractivity contribution is 0.105. The van der Waals surface area contributed by atoms with Gasteiger partial charge in [0.25, 0.3) is 20.2 Å². The van der Waals surface area contributed by atoms with Crippen molar-refractivity contribution in [3.8, 4) is 5.75 Å². The Morgan fingerprint density at radius 3 is 1.65 bits per heavy atom. The molecule has 5 N–H and O–H groups in total. The van der Waals surface area contributed by atoms with Crippen molar-refractivity contribution in [3.05, 3.63) is 122 Å². The molecule has 0 aliphatic heterocycles. The molecule has 2 aliphatic rings. The topological polar surface area (TPSA) is 213 Å². The molecule has 51 heavy (non-hydrogen) atoms. The van der Waals surface area contributed by atoms with Gasteiger partial charge in [-0.05, 0) is 97.3 Å². The summed E-state index contributed by atoms with van der Waals surface area (Å²) in [5, 5.41) is 11.1. The van der Waals surface area contributed by atoms with Crippen LogP contribution < -0.4 is 20.9 Å². The second-order valence-electron chi connectivity index (χ2n) is 11.5. The van der Waals surface area contributed by atoms with Gasteiger partial charge in [0, 0.05) is 22.5 Å². The molecule has 16 heteroatoms. The summed E-state index contributed by atoms with van der Waals surface area (Å²) >= 11 is 0. The number of hydrazone groups is 2. The number of methoxy groups -OCH3 is 1. The summed E-state index contributed by atoms with van der Waals surface area (Å²) < 4.78 is 74.7. The largest absolute Gasteiger partial charge is 0.495 e. The van der Waals surface area contributed by atoms with Gasteiger partial charge in [0.1, 0.15) is 15.6 Å². The van der Waals surface area contributed by atoms with Crippen molar-refractivity contribution in [1.29, 1.82) is 0 Å². The summed E-state index contributed by atoms with van der Waals surface area (Å²) in [5.41, 5.74) is 8.33. The number of para-hydroxylation sites is 2. The van der Waals surface area contributed by atoms with Crippen LogP contribution in [0.3, 0.4) is 0 Å². The SMILES string of the molecule is COc1ccccc1N/N=C1/C(=O)c2ccc(Nc3ccc4c(c3)C=C(S(=O)(=O)O)/C(=N/Nc3ccc(C)cc3C)C4=O)cc2C=C1S(=O)(=O)O. The number of Topliss-reactive ketones (excluding diaryl/α,β-unsaturated/α-hetero) is 2. The standard InChI is InChI=1S/C35H29N5O9S2/c1-19-8-13-27(20(2)14-19)37-39-32-30(50(43,44)45)17-21-15-23(9-11-25(21)34(32)41)36-24-10-12-26-22(16-24)18-31(51(46,47)48)33(35(26)42)40-38-28-6-4-5-7-29(28)49-3/h4-18,36-38H,1-3H3,(H,43,44,45)(H,46,47,48)/b39-32-,40-33+. The maximum absolute atomic E-state index is 13.5. The zero-order valence-electron chi connectivity index (χ0n) is 27.1. The highest BCUT2D eigenvalue weighted by Gasteiger charge is 2.34. The Morgan fingerprint density at radius 1 is 0.647 bits per heavy atom. The summed E-state index contributed by atoms with van der Waals surface area (Å²) in [4.78, 5) is 25.5. The van der Waals surface area contributed by atoms with Crippen molar-refractivity contribution in [2.75, 3.05) is 23.3 Å². The van der Waals surface area contributed by atoms with E-state index in [1.807, 2.05) is 26.0 Å². The molecule has 0 unspecified atom stereocenters. The van der Waals surface area contributed by atoms with Crippen molar-refractivity contribution in [2.45, 2.75) is 13.8 Å². The maximum atomic E-state index is 13.5. The third-order valence-corrected chi connectivity index (χ3v) is 9.71. The van der Waals surface area contributed by atoms with Gasteiger partial charge in [0.05, 0.1) is 18.5 Å². The molecule has 0 bridgehead atoms. The molecule has 0 saturated heterocycles. The van der Waals surface area contributed by atoms with E-state index in [0.717, 1.165) is 23.3 Å². The van der Waals surface area contributed by atoms with E-state index in [9.17, 15) is 35.5 Å². The Labute approximate surface area is 292 Å². The highest BCUT2D eigenvalue weighted by Crippen LogP contribution is 2.32. The summed E-state index contributed by atoms with van der Waals surface area (Å²) in [5.74, 6) is -1.13. The van der Waals surface area contributed by atoms with E-state index >= 15 is 0 Å². The van der Waals surface area contributed by atoms with Crippen LogP contribution in [0.25, 0.3) is 12.2 Å². The first-order valence-corrected chi connectivity index (χ1v) is 17.9. The molecule has 6 rings (SSSR count). The predicted octanol–water partition coefficient (Wildman–Crippen LogP) is 5.84. The fourth-order valence-electron chi connectivity index (χ4n) is 5.51. The Morgan fingerprint density at radius 2 is 1.16 bits per heavy atom. The number of fused-ring (bicyclic) bond motifs is 2. The van der Waals surface area contributed by atoms with Crippen LogP contribution in [0.4, 0.5) is 22.7 Å². The Hall–Kier alpha value is -5.94. The molecule has 0 atom stereocenters. The molecule has 4 aromatic carbocycles. The molecule has 0 spiro atoms. The molecular formula is C35H29N5O9S2. The molecule has 0 aromatic heterocycles. The van der Waals surface area contributed by atoms with Gasteiger partial charge < -0.3 is 10.1 Å². The van der Waals surface area contributed by atoms with Gasteiger partial charge in [0.2, 0.25) is 11.6 Å². The number of rotatable bonds is 9. The van der Waals surface area contributed by atoms with Gasteiger partial charge in [-0.2, -0.15) is 27.0 Å². The molecule has 0 amide bonds. The van der Waals surface area contributed by atoms with Gasteiger partial charge in [-0.1, -0.05) is 29.8 Å². The monoisotopic (exact) mass is 727 g/mol. The number of hydrogen-bond donors (Lipinski definition) is 5. The number of carbonyl (C=O) groups is 2. The third-order valence-electron chi connectivity index (χ3n) is 7.97. The number of carbonyl (C=O) groups excluding carboxylic acids is 2. The number of aryl methyl sites for hydroxylation is 2. The number of benzene rings is 4. The fourth-order valence-corrected chi connectivity index (χ4v) is 6.83. The van der Waals surface area contributed by atoms with Crippen LogP contribution in [0.2, 0.25) is 0 Å². The molecule has 0 heterocycles. The predicted molar refractivity (Wildman–Crippen MR) is 195 cm³/mol. The van der Waals surface area contributed by atoms with E-state index in [0.29, 0.717) is 28.5 Å². The molecule has 14 nitrogen and oxygen atoms in total. The van der Waals surface area contributed by atoms with Crippen LogP contribution in [-0.2, 0) is 20.2 Å². The first kappa shape index (κ1) is 34.9. The number of hydrogen-bond acceptors (Lipinski definition) is 12. The minimum atomic E-state index is -4.91. The van der Waals surface area contributed by atoms with Crippen LogP contribution in [-0.4, -0.2) is 56.0 Å². The lowest BCUT2D eigenvalue weighted by Gasteiger charge is -2.19. The van der Waals surface area contributed by atoms with E-state index in [2.05, 4.69) is 26.4 Å². The highest BCUT2D eigenvalue weighted by molar-refractivity contribution is 7.91. The van der Waals surface area contributed by atoms with Crippen LogP contribution >= 0.6 is 0 Å². The quantitative estimate of drug-likeness (QED) is 0.102. The summed E-state index contributed by atoms with van der Waals surface area (Å²) in [6.07, 6.45) is 2.24. The second kappa shape index (κ2) is 13.4. The van der Waals surface area contributed by atoms with Gasteiger partial charge in [-0.3, -0.25) is 29.5 Å². The van der Waals surface area contributed by atoms with Crippen molar-refractivity contribution < 1.29 is 40.3 Å². The van der Waals surface area contributed by atoms with E-state index in [4.69, 9.17) is 4.74 Å². The smallest absolute Gasteiger partial charge is 0.296 e. The van der Waals surface area contributed by atoms with Crippen molar-refractivity contribution >= 4 is 78.1 Å². The van der Waals surface area contributed by atoms with Gasteiger partial charge in [0.15, 0.2) is 11.4 Å². The number of nitrogens with one attached hydrogen (secondary N) is 3. The van der Waals surface area contributed by atoms with Gasteiger partial charge in [-0.15, -0.1) is 0 Å². The Bertz CT molecular complexity index is 2500. The van der Waals surface area contributed by atoms with Crippen molar-refractivity contribution in [2.24, 2.45) is 10.2 Å². The van der Waals surface area contributed by atoms with Gasteiger partial charge in [-0.25, -0.2) is 0 Å². The van der Waals surface area contributed by atoms with Gasteiger partial charge >= 0.3 is 0 Å². The lowest BCUT2D eigenvalue weighted by atomic mass is 9.93. The summed E-state index contributed by atoms with van der Waals surface area (Å²) in [6, 6.07) is 21.0. The number of ketones is 2. The number of nitrogens with zero attached hydrogens (tertiary/aromatic N) is 2. The van der Waals surface area contributed by atoms with Crippen LogP contribution in [0.1, 0.15) is 43.0 Å². The summed E-state index contributed by atoms with van der Waals surface area (Å²) in [6.45, 7) is 3.73. The van der Waals surface area contributed by atoms with Crippen molar-refractivity contribution in [3.63, 3.8) is 0 Å². The zero-order chi connectivity index (χ0) is 36.7. The Balaban J connectivity index is 1.31. The first-order chi connectivity index (χ1) is 24.1. The average Bonchev–Trinajstić information content (AvgIpc) is 3.07. The van der Waals surface area contributed by atoms with Crippen LogP contribution in [0.15, 0.2) is 98.9 Å². The molecule has 0 fully saturated rings. The van der Waals surface area contributed by atoms with E-state index in [1.54, 1.807) is 42.5 Å². The second-order valence-corrected chi connectivity index (χ2v) is 14.3. The van der Waals surface area contributed by atoms with Crippen molar-refractivity contribution in [1.82, 2.24) is 0 Å². The number of anilines is 4. The summed E-state index contributed by atoms with van der Waals surface area (Å²) in [7, 11) is -8.36. The van der Waals surface area contributed by atoms with Crippen LogP contribution in [0.5, 0.6) is 5.75 Å². The molecular weight excluding hydrogens is 699 g/mol.